The van der Waals surface area contributed by atoms with Crippen LogP contribution in [0.3, 0.4) is 0 Å². The predicted molar refractivity (Wildman–Crippen MR) is 71.5 cm³/mol. The fraction of sp³-hybridized carbons (Fsp3) is 0.214. The third-order valence-electron chi connectivity index (χ3n) is 3.21. The molecule has 1 aliphatic rings. The van der Waals surface area contributed by atoms with Crippen LogP contribution in [0.15, 0.2) is 35.7 Å². The Balaban J connectivity index is 2.05. The molecule has 2 heterocycles. The van der Waals surface area contributed by atoms with Crippen LogP contribution in [0.5, 0.6) is 0 Å². The SMILES string of the molecule is CC1Cc2ccccc2N1c1csc(C=O)c1. The Hall–Kier alpha value is -1.61. The van der Waals surface area contributed by atoms with E-state index >= 15 is 0 Å². The van der Waals surface area contributed by atoms with Crippen LogP contribution in [0.25, 0.3) is 0 Å². The molecule has 0 N–H and O–H groups in total. The summed E-state index contributed by atoms with van der Waals surface area (Å²) in [6.45, 7) is 2.22. The first-order valence-corrected chi connectivity index (χ1v) is 6.58. The van der Waals surface area contributed by atoms with Crippen molar-refractivity contribution in [3.05, 3.63) is 46.2 Å². The number of para-hydroxylation sites is 1. The molecule has 0 saturated carbocycles. The van der Waals surface area contributed by atoms with E-state index in [4.69, 9.17) is 0 Å². The average Bonchev–Trinajstić information content (AvgIpc) is 2.91. The Bertz CT molecular complexity index is 561. The van der Waals surface area contributed by atoms with Crippen molar-refractivity contribution in [3.8, 4) is 0 Å². The van der Waals surface area contributed by atoms with Crippen LogP contribution in [0.1, 0.15) is 22.2 Å². The second kappa shape index (κ2) is 4.00. The number of carbonyl (C=O) groups excluding carboxylic acids is 1. The molecule has 1 atom stereocenters. The van der Waals surface area contributed by atoms with Gasteiger partial charge in [0.15, 0.2) is 6.29 Å². The molecule has 1 aromatic heterocycles. The number of benzene rings is 1. The van der Waals surface area contributed by atoms with E-state index in [0.29, 0.717) is 6.04 Å². The van der Waals surface area contributed by atoms with E-state index in [-0.39, 0.29) is 0 Å². The van der Waals surface area contributed by atoms with Crippen molar-refractivity contribution in [2.24, 2.45) is 0 Å². The van der Waals surface area contributed by atoms with E-state index in [2.05, 4.69) is 41.5 Å². The molecule has 0 aliphatic carbocycles. The molecule has 1 aliphatic heterocycles. The Labute approximate surface area is 105 Å². The van der Waals surface area contributed by atoms with Crippen LogP contribution in [0, 0.1) is 0 Å². The highest BCUT2D eigenvalue weighted by Gasteiger charge is 2.27. The normalized spacial score (nSPS) is 18.2. The zero-order valence-electron chi connectivity index (χ0n) is 9.59. The largest absolute Gasteiger partial charge is 0.337 e. The number of hydrogen-bond acceptors (Lipinski definition) is 3. The number of hydrogen-bond donors (Lipinski definition) is 0. The predicted octanol–water partition coefficient (Wildman–Crippen LogP) is 3.64. The van der Waals surface area contributed by atoms with Crippen LogP contribution in [-0.2, 0) is 6.42 Å². The van der Waals surface area contributed by atoms with Crippen LogP contribution < -0.4 is 4.90 Å². The van der Waals surface area contributed by atoms with Gasteiger partial charge in [-0.1, -0.05) is 18.2 Å². The summed E-state index contributed by atoms with van der Waals surface area (Å²) in [7, 11) is 0. The van der Waals surface area contributed by atoms with Gasteiger partial charge in [-0.3, -0.25) is 4.79 Å². The van der Waals surface area contributed by atoms with E-state index in [1.54, 1.807) is 0 Å². The lowest BCUT2D eigenvalue weighted by molar-refractivity contribution is 0.112. The second-order valence-corrected chi connectivity index (χ2v) is 5.32. The average molecular weight is 243 g/mol. The highest BCUT2D eigenvalue weighted by Crippen LogP contribution is 2.39. The van der Waals surface area contributed by atoms with Gasteiger partial charge in [0.05, 0.1) is 10.6 Å². The minimum absolute atomic E-state index is 0.460. The summed E-state index contributed by atoms with van der Waals surface area (Å²) in [5.41, 5.74) is 3.80. The smallest absolute Gasteiger partial charge is 0.160 e. The van der Waals surface area contributed by atoms with Gasteiger partial charge < -0.3 is 4.90 Å². The number of fused-ring (bicyclic) bond motifs is 1. The molecule has 0 fully saturated rings. The number of anilines is 2. The highest BCUT2D eigenvalue weighted by molar-refractivity contribution is 7.12. The first-order chi connectivity index (χ1) is 8.29. The Morgan fingerprint density at radius 2 is 2.24 bits per heavy atom. The topological polar surface area (TPSA) is 20.3 Å². The lowest BCUT2D eigenvalue weighted by Crippen LogP contribution is -2.23. The number of nitrogens with zero attached hydrogens (tertiary/aromatic N) is 1. The summed E-state index contributed by atoms with van der Waals surface area (Å²) in [4.78, 5) is 13.9. The first kappa shape index (κ1) is 10.5. The zero-order chi connectivity index (χ0) is 11.8. The van der Waals surface area contributed by atoms with Gasteiger partial charge in [0, 0.05) is 17.1 Å². The summed E-state index contributed by atoms with van der Waals surface area (Å²) < 4.78 is 0. The summed E-state index contributed by atoms with van der Waals surface area (Å²) in [6, 6.07) is 10.9. The van der Waals surface area contributed by atoms with Crippen LogP contribution in [0.4, 0.5) is 11.4 Å². The van der Waals surface area contributed by atoms with Crippen molar-refractivity contribution in [3.63, 3.8) is 0 Å². The maximum Gasteiger partial charge on any atom is 0.160 e. The molecule has 0 amide bonds. The van der Waals surface area contributed by atoms with E-state index in [0.717, 1.165) is 23.3 Å². The van der Waals surface area contributed by atoms with E-state index < -0.39 is 0 Å². The molecule has 0 radical (unpaired) electrons. The van der Waals surface area contributed by atoms with Gasteiger partial charge >= 0.3 is 0 Å². The third-order valence-corrected chi connectivity index (χ3v) is 4.05. The van der Waals surface area contributed by atoms with E-state index in [1.807, 2.05) is 6.07 Å². The molecular formula is C14H13NOS. The molecule has 0 saturated heterocycles. The number of thiophene rings is 1. The maximum atomic E-state index is 10.8. The van der Waals surface area contributed by atoms with Crippen molar-refractivity contribution >= 4 is 29.0 Å². The van der Waals surface area contributed by atoms with Crippen molar-refractivity contribution in [1.82, 2.24) is 0 Å². The summed E-state index contributed by atoms with van der Waals surface area (Å²) in [5.74, 6) is 0. The fourth-order valence-electron chi connectivity index (χ4n) is 2.49. The molecule has 17 heavy (non-hydrogen) atoms. The van der Waals surface area contributed by atoms with Gasteiger partial charge in [-0.05, 0) is 31.0 Å². The molecule has 2 nitrogen and oxygen atoms in total. The highest BCUT2D eigenvalue weighted by atomic mass is 32.1. The van der Waals surface area contributed by atoms with Gasteiger partial charge in [0.1, 0.15) is 0 Å². The Morgan fingerprint density at radius 3 is 3.00 bits per heavy atom. The Kier molecular flexibility index (Phi) is 2.48. The van der Waals surface area contributed by atoms with Gasteiger partial charge in [-0.15, -0.1) is 11.3 Å². The molecule has 3 rings (SSSR count). The lowest BCUT2D eigenvalue weighted by atomic mass is 10.1. The standard InChI is InChI=1S/C14H13NOS/c1-10-6-11-4-2-3-5-14(11)15(10)12-7-13(8-16)17-9-12/h2-5,7-10H,6H2,1H3. The van der Waals surface area contributed by atoms with E-state index in [9.17, 15) is 4.79 Å². The van der Waals surface area contributed by atoms with Crippen molar-refractivity contribution in [2.45, 2.75) is 19.4 Å². The third kappa shape index (κ3) is 1.67. The van der Waals surface area contributed by atoms with Crippen molar-refractivity contribution < 1.29 is 4.79 Å². The van der Waals surface area contributed by atoms with Gasteiger partial charge in [0.2, 0.25) is 0 Å². The molecule has 0 spiro atoms. The fourth-order valence-corrected chi connectivity index (χ4v) is 3.17. The minimum atomic E-state index is 0.460. The molecule has 2 aromatic rings. The monoisotopic (exact) mass is 243 g/mol. The summed E-state index contributed by atoms with van der Waals surface area (Å²) >= 11 is 1.50. The lowest BCUT2D eigenvalue weighted by Gasteiger charge is -2.23. The molecule has 1 aromatic carbocycles. The van der Waals surface area contributed by atoms with Crippen LogP contribution in [0.2, 0.25) is 0 Å². The van der Waals surface area contributed by atoms with Crippen molar-refractivity contribution in [1.29, 1.82) is 0 Å². The minimum Gasteiger partial charge on any atom is -0.337 e. The van der Waals surface area contributed by atoms with Gasteiger partial charge in [-0.2, -0.15) is 0 Å². The molecule has 3 heteroatoms. The number of rotatable bonds is 2. The summed E-state index contributed by atoms with van der Waals surface area (Å²) in [6.07, 6.45) is 1.99. The van der Waals surface area contributed by atoms with Crippen LogP contribution in [-0.4, -0.2) is 12.3 Å². The van der Waals surface area contributed by atoms with E-state index in [1.165, 1.54) is 22.6 Å². The van der Waals surface area contributed by atoms with Crippen molar-refractivity contribution in [2.75, 3.05) is 4.90 Å². The zero-order valence-corrected chi connectivity index (χ0v) is 10.4. The Morgan fingerprint density at radius 1 is 1.41 bits per heavy atom. The maximum absolute atomic E-state index is 10.8. The number of aldehydes is 1. The molecule has 86 valence electrons. The molecule has 1 unspecified atom stereocenters. The molecular weight excluding hydrogens is 230 g/mol. The second-order valence-electron chi connectivity index (χ2n) is 4.38. The number of carbonyl (C=O) groups is 1. The quantitative estimate of drug-likeness (QED) is 0.750. The summed E-state index contributed by atoms with van der Waals surface area (Å²) in [5, 5.41) is 2.06. The molecule has 0 bridgehead atoms. The van der Waals surface area contributed by atoms with Crippen LogP contribution >= 0.6 is 11.3 Å². The van der Waals surface area contributed by atoms with Gasteiger partial charge in [0.25, 0.3) is 0 Å². The first-order valence-electron chi connectivity index (χ1n) is 5.70. The van der Waals surface area contributed by atoms with Gasteiger partial charge in [-0.25, -0.2) is 0 Å².